The lowest BCUT2D eigenvalue weighted by molar-refractivity contribution is -0.136. The highest BCUT2D eigenvalue weighted by atomic mass is 19.4. The minimum absolute atomic E-state index is 0.156. The molecule has 0 saturated heterocycles. The summed E-state index contributed by atoms with van der Waals surface area (Å²) in [7, 11) is 4.49. The third kappa shape index (κ3) is 3.50. The van der Waals surface area contributed by atoms with Crippen LogP contribution in [0.25, 0.3) is 22.4 Å². The van der Waals surface area contributed by atoms with Gasteiger partial charge in [0.1, 0.15) is 17.1 Å². The number of ether oxygens (including phenoxy) is 1. The smallest absolute Gasteiger partial charge is 0.422 e. The van der Waals surface area contributed by atoms with Crippen LogP contribution in [0.15, 0.2) is 30.6 Å². The molecule has 3 aromatic rings. The third-order valence-electron chi connectivity index (χ3n) is 3.94. The average Bonchev–Trinajstić information content (AvgIpc) is 3.05. The summed E-state index contributed by atoms with van der Waals surface area (Å²) >= 11 is 0. The minimum atomic E-state index is -4.69. The number of methoxy groups -OCH3 is 1. The van der Waals surface area contributed by atoms with E-state index in [1.165, 1.54) is 20.2 Å². The number of aryl methyl sites for hydroxylation is 1. The van der Waals surface area contributed by atoms with Crippen molar-refractivity contribution >= 4 is 11.8 Å². The molecular formula is C17H17F3N6O. The fraction of sp³-hybridized carbons (Fsp3) is 0.235. The second kappa shape index (κ2) is 6.78. The Bertz CT molecular complexity index is 983. The second-order valence-electron chi connectivity index (χ2n) is 5.72. The molecule has 0 atom stereocenters. The van der Waals surface area contributed by atoms with Gasteiger partial charge >= 0.3 is 6.18 Å². The topological polar surface area (TPSA) is 90.9 Å². The van der Waals surface area contributed by atoms with Gasteiger partial charge in [-0.3, -0.25) is 4.68 Å². The van der Waals surface area contributed by atoms with Gasteiger partial charge in [-0.05, 0) is 17.7 Å². The molecule has 0 saturated carbocycles. The first kappa shape index (κ1) is 18.5. The lowest BCUT2D eigenvalue weighted by Gasteiger charge is -2.18. The van der Waals surface area contributed by atoms with E-state index in [4.69, 9.17) is 10.5 Å². The lowest BCUT2D eigenvalue weighted by Crippen LogP contribution is -2.15. The predicted octanol–water partition coefficient (Wildman–Crippen LogP) is 3.20. The molecule has 142 valence electrons. The molecule has 3 rings (SSSR count). The number of benzene rings is 1. The molecule has 10 heteroatoms. The van der Waals surface area contributed by atoms with Gasteiger partial charge in [-0.1, -0.05) is 6.07 Å². The zero-order valence-corrected chi connectivity index (χ0v) is 14.8. The molecule has 0 spiro atoms. The lowest BCUT2D eigenvalue weighted by atomic mass is 10.0. The molecule has 2 aromatic heterocycles. The quantitative estimate of drug-likeness (QED) is 0.725. The number of anilines is 2. The van der Waals surface area contributed by atoms with Crippen LogP contribution in [0.5, 0.6) is 5.75 Å². The van der Waals surface area contributed by atoms with Crippen molar-refractivity contribution in [1.29, 1.82) is 0 Å². The summed E-state index contributed by atoms with van der Waals surface area (Å²) < 4.78 is 48.0. The monoisotopic (exact) mass is 378 g/mol. The van der Waals surface area contributed by atoms with Crippen molar-refractivity contribution in [3.63, 3.8) is 0 Å². The van der Waals surface area contributed by atoms with E-state index in [1.54, 1.807) is 36.3 Å². The Balaban J connectivity index is 2.23. The number of rotatable bonds is 4. The summed E-state index contributed by atoms with van der Waals surface area (Å²) in [6.45, 7) is 0. The summed E-state index contributed by atoms with van der Waals surface area (Å²) in [5, 5.41) is 6.52. The summed E-state index contributed by atoms with van der Waals surface area (Å²) in [4.78, 5) is 7.50. The molecule has 0 fully saturated rings. The normalized spacial score (nSPS) is 11.5. The molecule has 0 radical (unpaired) electrons. The summed E-state index contributed by atoms with van der Waals surface area (Å²) in [5.74, 6) is -0.453. The van der Waals surface area contributed by atoms with E-state index >= 15 is 0 Å². The number of nitrogens with one attached hydrogen (secondary N) is 1. The first-order chi connectivity index (χ1) is 12.7. The molecular weight excluding hydrogens is 361 g/mol. The van der Waals surface area contributed by atoms with Crippen LogP contribution in [0.2, 0.25) is 0 Å². The molecule has 27 heavy (non-hydrogen) atoms. The van der Waals surface area contributed by atoms with Gasteiger partial charge in [-0.2, -0.15) is 23.3 Å². The van der Waals surface area contributed by atoms with Crippen LogP contribution in [-0.4, -0.2) is 33.9 Å². The van der Waals surface area contributed by atoms with E-state index in [0.717, 1.165) is 11.1 Å². The molecule has 0 amide bonds. The van der Waals surface area contributed by atoms with Crippen LogP contribution in [0.4, 0.5) is 24.9 Å². The Morgan fingerprint density at radius 1 is 1.19 bits per heavy atom. The van der Waals surface area contributed by atoms with Crippen LogP contribution in [0.3, 0.4) is 0 Å². The number of halogens is 3. The van der Waals surface area contributed by atoms with Crippen molar-refractivity contribution < 1.29 is 17.9 Å². The van der Waals surface area contributed by atoms with Gasteiger partial charge in [0, 0.05) is 31.4 Å². The number of alkyl halides is 3. The SMILES string of the molecule is CNc1nc(N)nc(-c2ccc(-c3cnn(C)c3)cc2OC)c1C(F)(F)F. The third-order valence-corrected chi connectivity index (χ3v) is 3.94. The number of aromatic nitrogens is 4. The van der Waals surface area contributed by atoms with Gasteiger partial charge in [0.15, 0.2) is 0 Å². The maximum absolute atomic E-state index is 13.7. The van der Waals surface area contributed by atoms with E-state index in [2.05, 4.69) is 20.4 Å². The van der Waals surface area contributed by atoms with Crippen LogP contribution in [-0.2, 0) is 13.2 Å². The van der Waals surface area contributed by atoms with Crippen molar-refractivity contribution in [2.24, 2.45) is 7.05 Å². The zero-order chi connectivity index (χ0) is 19.8. The van der Waals surface area contributed by atoms with Gasteiger partial charge in [0.05, 0.1) is 19.0 Å². The van der Waals surface area contributed by atoms with Gasteiger partial charge in [-0.15, -0.1) is 0 Å². The Hall–Kier alpha value is -3.30. The molecule has 0 aliphatic rings. The highest BCUT2D eigenvalue weighted by molar-refractivity contribution is 5.79. The maximum Gasteiger partial charge on any atom is 0.422 e. The number of hydrogen-bond acceptors (Lipinski definition) is 6. The van der Waals surface area contributed by atoms with Gasteiger partial charge < -0.3 is 15.8 Å². The highest BCUT2D eigenvalue weighted by Crippen LogP contribution is 2.43. The number of nitrogen functional groups attached to an aromatic ring is 1. The van der Waals surface area contributed by atoms with Crippen LogP contribution >= 0.6 is 0 Å². The molecule has 1 aromatic carbocycles. The van der Waals surface area contributed by atoms with Gasteiger partial charge in [0.25, 0.3) is 0 Å². The number of nitrogens with zero attached hydrogens (tertiary/aromatic N) is 4. The molecule has 2 heterocycles. The Morgan fingerprint density at radius 2 is 1.93 bits per heavy atom. The average molecular weight is 378 g/mol. The van der Waals surface area contributed by atoms with E-state index in [-0.39, 0.29) is 23.0 Å². The molecule has 0 aliphatic carbocycles. The fourth-order valence-electron chi connectivity index (χ4n) is 2.76. The maximum atomic E-state index is 13.7. The van der Waals surface area contributed by atoms with Gasteiger partial charge in [-0.25, -0.2) is 4.98 Å². The van der Waals surface area contributed by atoms with Crippen molar-refractivity contribution in [3.8, 4) is 28.1 Å². The Labute approximate surface area is 153 Å². The largest absolute Gasteiger partial charge is 0.496 e. The minimum Gasteiger partial charge on any atom is -0.496 e. The first-order valence-electron chi connectivity index (χ1n) is 7.84. The fourth-order valence-corrected chi connectivity index (χ4v) is 2.76. The number of hydrogen-bond donors (Lipinski definition) is 2. The van der Waals surface area contributed by atoms with Crippen LogP contribution < -0.4 is 15.8 Å². The van der Waals surface area contributed by atoms with Crippen LogP contribution in [0, 0.1) is 0 Å². The molecule has 7 nitrogen and oxygen atoms in total. The molecule has 3 N–H and O–H groups in total. The Kier molecular flexibility index (Phi) is 4.64. The predicted molar refractivity (Wildman–Crippen MR) is 95.2 cm³/mol. The summed E-state index contributed by atoms with van der Waals surface area (Å²) in [6.07, 6.45) is -1.25. The first-order valence-corrected chi connectivity index (χ1v) is 7.84. The van der Waals surface area contributed by atoms with Crippen molar-refractivity contribution in [1.82, 2.24) is 19.7 Å². The number of nitrogens with two attached hydrogens (primary N) is 1. The van der Waals surface area contributed by atoms with E-state index in [1.807, 2.05) is 0 Å². The van der Waals surface area contributed by atoms with Gasteiger partial charge in [0.2, 0.25) is 5.95 Å². The zero-order valence-electron chi connectivity index (χ0n) is 14.8. The molecule has 0 bridgehead atoms. The van der Waals surface area contributed by atoms with E-state index < -0.39 is 17.6 Å². The molecule has 0 aliphatic heterocycles. The highest BCUT2D eigenvalue weighted by Gasteiger charge is 2.39. The van der Waals surface area contributed by atoms with E-state index in [0.29, 0.717) is 0 Å². The summed E-state index contributed by atoms with van der Waals surface area (Å²) in [5.41, 5.74) is 5.96. The second-order valence-corrected chi connectivity index (χ2v) is 5.72. The van der Waals surface area contributed by atoms with Crippen molar-refractivity contribution in [2.75, 3.05) is 25.2 Å². The van der Waals surface area contributed by atoms with Crippen LogP contribution in [0.1, 0.15) is 5.56 Å². The van der Waals surface area contributed by atoms with Crippen molar-refractivity contribution in [2.45, 2.75) is 6.18 Å². The summed E-state index contributed by atoms with van der Waals surface area (Å²) in [6, 6.07) is 4.81. The Morgan fingerprint density at radius 3 is 2.48 bits per heavy atom. The van der Waals surface area contributed by atoms with E-state index in [9.17, 15) is 13.2 Å². The van der Waals surface area contributed by atoms with Crippen molar-refractivity contribution in [3.05, 3.63) is 36.2 Å². The molecule has 0 unspecified atom stereocenters. The standard InChI is InChI=1S/C17H17F3N6O/c1-22-15-13(17(18,19)20)14(24-16(21)25-15)11-5-4-9(6-12(11)27-3)10-7-23-26(2)8-10/h4-8H,1-3H3,(H3,21,22,24,25).